The van der Waals surface area contributed by atoms with E-state index in [0.717, 1.165) is 25.0 Å². The quantitative estimate of drug-likeness (QED) is 0.762. The number of carbonyl (C=O) groups is 1. The maximum atomic E-state index is 13.8. The van der Waals surface area contributed by atoms with E-state index in [1.807, 2.05) is 13.8 Å². The number of piperidine rings is 1. The highest BCUT2D eigenvalue weighted by Crippen LogP contribution is 2.26. The largest absolute Gasteiger partial charge is 0.335 e. The maximum Gasteiger partial charge on any atom is 0.260 e. The van der Waals surface area contributed by atoms with Crippen molar-refractivity contribution in [2.45, 2.75) is 32.7 Å². The lowest BCUT2D eigenvalue weighted by Gasteiger charge is -2.37. The van der Waals surface area contributed by atoms with Gasteiger partial charge in [-0.15, -0.1) is 0 Å². The van der Waals surface area contributed by atoms with Crippen molar-refractivity contribution >= 4 is 21.8 Å². The highest BCUT2D eigenvalue weighted by atomic mass is 79.9. The van der Waals surface area contributed by atoms with Crippen LogP contribution in [0.15, 0.2) is 16.6 Å². The molecule has 0 aliphatic carbocycles. The fourth-order valence-electron chi connectivity index (χ4n) is 2.46. The second-order valence-corrected chi connectivity index (χ2v) is 6.15. The van der Waals surface area contributed by atoms with Crippen LogP contribution in [0.25, 0.3) is 0 Å². The van der Waals surface area contributed by atoms with Crippen molar-refractivity contribution in [2.75, 3.05) is 6.54 Å². The van der Waals surface area contributed by atoms with Crippen molar-refractivity contribution in [1.82, 2.24) is 4.90 Å². The molecule has 0 N–H and O–H groups in total. The van der Waals surface area contributed by atoms with Gasteiger partial charge in [0.05, 0.1) is 0 Å². The van der Waals surface area contributed by atoms with Gasteiger partial charge in [-0.1, -0.05) is 22.9 Å². The minimum Gasteiger partial charge on any atom is -0.335 e. The standard InChI is InChI=1S/C14H16BrF2NO/c1-8-3-4-9(2)18(7-8)14(19)13-11(16)5-10(15)6-12(13)17/h5-6,8-9H,3-4,7H2,1-2H3. The number of benzene rings is 1. The summed E-state index contributed by atoms with van der Waals surface area (Å²) >= 11 is 3.01. The van der Waals surface area contributed by atoms with Gasteiger partial charge in [-0.05, 0) is 37.8 Å². The van der Waals surface area contributed by atoms with Crippen LogP contribution in [-0.2, 0) is 0 Å². The number of halogens is 3. The number of amides is 1. The van der Waals surface area contributed by atoms with E-state index in [2.05, 4.69) is 15.9 Å². The van der Waals surface area contributed by atoms with Gasteiger partial charge >= 0.3 is 0 Å². The molecule has 0 radical (unpaired) electrons. The molecule has 2 unspecified atom stereocenters. The zero-order chi connectivity index (χ0) is 14.2. The van der Waals surface area contributed by atoms with E-state index in [1.165, 1.54) is 0 Å². The molecule has 2 atom stereocenters. The Bertz CT molecular complexity index is 483. The van der Waals surface area contributed by atoms with E-state index in [4.69, 9.17) is 0 Å². The topological polar surface area (TPSA) is 20.3 Å². The van der Waals surface area contributed by atoms with Crippen molar-refractivity contribution in [3.8, 4) is 0 Å². The third kappa shape index (κ3) is 2.96. The molecule has 2 nitrogen and oxygen atoms in total. The van der Waals surface area contributed by atoms with Crippen molar-refractivity contribution in [1.29, 1.82) is 0 Å². The highest BCUT2D eigenvalue weighted by Gasteiger charge is 2.31. The first kappa shape index (κ1) is 14.4. The molecule has 5 heteroatoms. The predicted octanol–water partition coefficient (Wildman–Crippen LogP) is 3.99. The van der Waals surface area contributed by atoms with Crippen molar-refractivity contribution in [2.24, 2.45) is 5.92 Å². The summed E-state index contributed by atoms with van der Waals surface area (Å²) in [6.45, 7) is 4.51. The zero-order valence-corrected chi connectivity index (χ0v) is 12.5. The first-order chi connectivity index (χ1) is 8.90. The molecular weight excluding hydrogens is 316 g/mol. The molecule has 0 aromatic heterocycles. The lowest BCUT2D eigenvalue weighted by atomic mass is 9.94. The number of hydrogen-bond donors (Lipinski definition) is 0. The summed E-state index contributed by atoms with van der Waals surface area (Å²) in [4.78, 5) is 13.9. The van der Waals surface area contributed by atoms with Gasteiger partial charge < -0.3 is 4.90 Å². The minimum atomic E-state index is -0.817. The van der Waals surface area contributed by atoms with Crippen LogP contribution in [0.3, 0.4) is 0 Å². The van der Waals surface area contributed by atoms with Gasteiger partial charge in [0.25, 0.3) is 5.91 Å². The Morgan fingerprint density at radius 2 is 1.84 bits per heavy atom. The molecular formula is C14H16BrF2NO. The maximum absolute atomic E-state index is 13.8. The van der Waals surface area contributed by atoms with Gasteiger partial charge in [0.2, 0.25) is 0 Å². The lowest BCUT2D eigenvalue weighted by Crippen LogP contribution is -2.45. The summed E-state index contributed by atoms with van der Waals surface area (Å²) in [7, 11) is 0. The van der Waals surface area contributed by atoms with Gasteiger partial charge in [-0.25, -0.2) is 8.78 Å². The molecule has 1 aromatic carbocycles. The van der Waals surface area contributed by atoms with Crippen LogP contribution in [0.1, 0.15) is 37.0 Å². The van der Waals surface area contributed by atoms with Gasteiger partial charge in [-0.2, -0.15) is 0 Å². The second-order valence-electron chi connectivity index (χ2n) is 5.23. The third-order valence-corrected chi connectivity index (χ3v) is 4.06. The molecule has 104 valence electrons. The SMILES string of the molecule is CC1CCC(C)N(C(=O)c2c(F)cc(Br)cc2F)C1. The zero-order valence-electron chi connectivity index (χ0n) is 10.9. The van der Waals surface area contributed by atoms with E-state index in [0.29, 0.717) is 16.9 Å². The van der Waals surface area contributed by atoms with E-state index in [-0.39, 0.29) is 6.04 Å². The van der Waals surface area contributed by atoms with Crippen LogP contribution in [0.5, 0.6) is 0 Å². The van der Waals surface area contributed by atoms with Gasteiger partial charge in [0.1, 0.15) is 17.2 Å². The second kappa shape index (κ2) is 5.57. The Kier molecular flexibility index (Phi) is 4.23. The first-order valence-corrected chi connectivity index (χ1v) is 7.15. The van der Waals surface area contributed by atoms with Crippen LogP contribution in [0, 0.1) is 17.6 Å². The monoisotopic (exact) mass is 331 g/mol. The highest BCUT2D eigenvalue weighted by molar-refractivity contribution is 9.10. The number of carbonyl (C=O) groups excluding carboxylic acids is 1. The molecule has 0 bridgehead atoms. The molecule has 1 aromatic rings. The average Bonchev–Trinajstić information content (AvgIpc) is 2.30. The normalized spacial score (nSPS) is 23.5. The molecule has 19 heavy (non-hydrogen) atoms. The van der Waals surface area contributed by atoms with E-state index in [9.17, 15) is 13.6 Å². The van der Waals surface area contributed by atoms with Crippen LogP contribution >= 0.6 is 15.9 Å². The summed E-state index contributed by atoms with van der Waals surface area (Å²) in [5.74, 6) is -1.83. The Labute approximate surface area is 119 Å². The Morgan fingerprint density at radius 3 is 2.42 bits per heavy atom. The molecule has 1 heterocycles. The summed E-state index contributed by atoms with van der Waals surface area (Å²) in [6, 6.07) is 2.26. The van der Waals surface area contributed by atoms with Crippen molar-refractivity contribution < 1.29 is 13.6 Å². The van der Waals surface area contributed by atoms with Crippen molar-refractivity contribution in [3.05, 3.63) is 33.8 Å². The minimum absolute atomic E-state index is 0.0196. The molecule has 1 fully saturated rings. The summed E-state index contributed by atoms with van der Waals surface area (Å²) in [5, 5.41) is 0. The lowest BCUT2D eigenvalue weighted by molar-refractivity contribution is 0.0564. The molecule has 1 aliphatic rings. The molecule has 2 rings (SSSR count). The van der Waals surface area contributed by atoms with Crippen molar-refractivity contribution in [3.63, 3.8) is 0 Å². The number of hydrogen-bond acceptors (Lipinski definition) is 1. The van der Waals surface area contributed by atoms with Crippen LogP contribution in [-0.4, -0.2) is 23.4 Å². The smallest absolute Gasteiger partial charge is 0.260 e. The Hall–Kier alpha value is -0.970. The van der Waals surface area contributed by atoms with E-state index >= 15 is 0 Å². The van der Waals surface area contributed by atoms with Crippen LogP contribution < -0.4 is 0 Å². The van der Waals surface area contributed by atoms with E-state index < -0.39 is 23.1 Å². The summed E-state index contributed by atoms with van der Waals surface area (Å²) in [6.07, 6.45) is 1.91. The van der Waals surface area contributed by atoms with Gasteiger partial charge in [0, 0.05) is 17.1 Å². The predicted molar refractivity (Wildman–Crippen MR) is 73.0 cm³/mol. The molecule has 1 saturated heterocycles. The summed E-state index contributed by atoms with van der Waals surface area (Å²) in [5.41, 5.74) is -0.454. The molecule has 0 saturated carbocycles. The first-order valence-electron chi connectivity index (χ1n) is 6.35. The number of likely N-dealkylation sites (tertiary alicyclic amines) is 1. The third-order valence-electron chi connectivity index (χ3n) is 3.60. The fourth-order valence-corrected chi connectivity index (χ4v) is 2.86. The number of rotatable bonds is 1. The Morgan fingerprint density at radius 1 is 1.26 bits per heavy atom. The average molecular weight is 332 g/mol. The Balaban J connectivity index is 2.33. The molecule has 1 aliphatic heterocycles. The van der Waals surface area contributed by atoms with Crippen LogP contribution in [0.2, 0.25) is 0 Å². The molecule has 0 spiro atoms. The van der Waals surface area contributed by atoms with Gasteiger partial charge in [-0.3, -0.25) is 4.79 Å². The fraction of sp³-hybridized carbons (Fsp3) is 0.500. The van der Waals surface area contributed by atoms with E-state index in [1.54, 1.807) is 4.90 Å². The summed E-state index contributed by atoms with van der Waals surface area (Å²) < 4.78 is 27.9. The van der Waals surface area contributed by atoms with Crippen LogP contribution in [0.4, 0.5) is 8.78 Å². The van der Waals surface area contributed by atoms with Gasteiger partial charge in [0.15, 0.2) is 0 Å². The molecule has 1 amide bonds. The number of nitrogens with zero attached hydrogens (tertiary/aromatic N) is 1.